The predicted octanol–water partition coefficient (Wildman–Crippen LogP) is 0.817. The lowest BCUT2D eigenvalue weighted by molar-refractivity contribution is -0.101. The van der Waals surface area contributed by atoms with E-state index in [0.29, 0.717) is 0 Å². The fraction of sp³-hybridized carbons (Fsp3) is 0.706. The molecule has 0 saturated carbocycles. The zero-order chi connectivity index (χ0) is 20.8. The van der Waals surface area contributed by atoms with E-state index in [9.17, 15) is 24.9 Å². The molecule has 1 aromatic rings. The average molecular weight is 400 g/mol. The summed E-state index contributed by atoms with van der Waals surface area (Å²) >= 11 is 0. The molecule has 1 aliphatic heterocycles. The summed E-state index contributed by atoms with van der Waals surface area (Å²) in [5.74, 6) is -0.00244. The Labute approximate surface area is 162 Å². The molecular formula is C17H28N4O7. The highest BCUT2D eigenvalue weighted by molar-refractivity contribution is 5.65. The molecule has 1 fully saturated rings. The van der Waals surface area contributed by atoms with Crippen molar-refractivity contribution in [3.8, 4) is 0 Å². The topological polar surface area (TPSA) is 157 Å². The molecule has 1 amide bonds. The highest BCUT2D eigenvalue weighted by Gasteiger charge is 2.48. The summed E-state index contributed by atoms with van der Waals surface area (Å²) in [7, 11) is 0. The third-order valence-corrected chi connectivity index (χ3v) is 4.83. The number of carbonyl (C=O) groups is 1. The van der Waals surface area contributed by atoms with Crippen molar-refractivity contribution in [2.75, 3.05) is 12.0 Å². The lowest BCUT2D eigenvalue weighted by Gasteiger charge is -2.31. The number of nitrogens with one attached hydrogen (secondary N) is 1. The largest absolute Gasteiger partial charge is 0.465 e. The van der Waals surface area contributed by atoms with Crippen molar-refractivity contribution in [1.29, 1.82) is 0 Å². The van der Waals surface area contributed by atoms with Crippen molar-refractivity contribution < 1.29 is 30.1 Å². The van der Waals surface area contributed by atoms with Crippen LogP contribution in [0.1, 0.15) is 45.8 Å². The first kappa shape index (κ1) is 22.1. The summed E-state index contributed by atoms with van der Waals surface area (Å²) in [6, 6.07) is 1.27. The molecule has 11 nitrogen and oxygen atoms in total. The minimum atomic E-state index is -1.53. The van der Waals surface area contributed by atoms with Crippen molar-refractivity contribution in [1.82, 2.24) is 14.5 Å². The molecule has 0 aliphatic carbocycles. The number of carboxylic acid groups (broad SMARTS) is 1. The molecule has 4 atom stereocenters. The number of nitrogens with zero attached hydrogens (tertiary/aromatic N) is 3. The fourth-order valence-corrected chi connectivity index (χ4v) is 3.51. The number of hydrogen-bond donors (Lipinski definition) is 5. The van der Waals surface area contributed by atoms with Crippen LogP contribution in [0.25, 0.3) is 0 Å². The average Bonchev–Trinajstić information content (AvgIpc) is 2.94. The second-order valence-electron chi connectivity index (χ2n) is 6.89. The Morgan fingerprint density at radius 1 is 1.32 bits per heavy atom. The van der Waals surface area contributed by atoms with Crippen molar-refractivity contribution in [3.05, 3.63) is 22.7 Å². The quantitative estimate of drug-likeness (QED) is 0.378. The maximum Gasteiger partial charge on any atom is 0.409 e. The number of aliphatic hydroxyl groups is 2. The van der Waals surface area contributed by atoms with Gasteiger partial charge in [-0.05, 0) is 24.8 Å². The van der Waals surface area contributed by atoms with Crippen LogP contribution in [0.3, 0.4) is 0 Å². The molecule has 0 unspecified atom stereocenters. The number of hydrogen-bond acceptors (Lipinski definition) is 8. The molecule has 11 heteroatoms. The molecule has 28 heavy (non-hydrogen) atoms. The SMILES string of the molecule is CCCC(CCC)CN(C(=O)O)[C@@H]1O[C@@H](n2ccc(NO)nc2=O)[C@H](O)[C@@H]1O. The van der Waals surface area contributed by atoms with E-state index < -0.39 is 36.4 Å². The van der Waals surface area contributed by atoms with Crippen LogP contribution in [0.4, 0.5) is 10.6 Å². The standard InChI is InChI=1S/C17H28N4O7/c1-3-5-10(6-4-2)9-21(17(25)26)15-13(23)12(22)14(28-15)20-8-7-11(19-27)18-16(20)24/h7-8,10,12-15,22-23,27H,3-6,9H2,1-2H3,(H,25,26)(H,18,19,24)/t12-,13+,14-,15-/m1/s1. The monoisotopic (exact) mass is 400 g/mol. The molecule has 0 spiro atoms. The second kappa shape index (κ2) is 9.82. The van der Waals surface area contributed by atoms with E-state index in [4.69, 9.17) is 9.94 Å². The fourth-order valence-electron chi connectivity index (χ4n) is 3.51. The maximum atomic E-state index is 12.1. The third-order valence-electron chi connectivity index (χ3n) is 4.83. The summed E-state index contributed by atoms with van der Waals surface area (Å²) < 4.78 is 6.53. The van der Waals surface area contributed by atoms with E-state index in [1.54, 1.807) is 5.48 Å². The van der Waals surface area contributed by atoms with E-state index in [-0.39, 0.29) is 18.3 Å². The van der Waals surface area contributed by atoms with Crippen LogP contribution in [0.15, 0.2) is 17.1 Å². The van der Waals surface area contributed by atoms with Gasteiger partial charge in [0.1, 0.15) is 12.2 Å². The van der Waals surface area contributed by atoms with Gasteiger partial charge in [0, 0.05) is 12.7 Å². The van der Waals surface area contributed by atoms with E-state index in [0.717, 1.165) is 35.2 Å². The minimum absolute atomic E-state index is 0.0948. The van der Waals surface area contributed by atoms with Crippen LogP contribution < -0.4 is 11.2 Å². The summed E-state index contributed by atoms with van der Waals surface area (Å²) in [5.41, 5.74) is 0.890. The van der Waals surface area contributed by atoms with Gasteiger partial charge in [-0.2, -0.15) is 4.98 Å². The van der Waals surface area contributed by atoms with Crippen LogP contribution in [-0.4, -0.2) is 66.1 Å². The number of ether oxygens (including phenoxy) is 1. The van der Waals surface area contributed by atoms with Crippen molar-refractivity contribution in [2.45, 2.75) is 64.2 Å². The Hall–Kier alpha value is -2.21. The highest BCUT2D eigenvalue weighted by Crippen LogP contribution is 2.31. The summed E-state index contributed by atoms with van der Waals surface area (Å²) in [6.45, 7) is 4.18. The van der Waals surface area contributed by atoms with Gasteiger partial charge in [-0.25, -0.2) is 9.59 Å². The van der Waals surface area contributed by atoms with Crippen molar-refractivity contribution >= 4 is 11.9 Å². The number of anilines is 1. The molecular weight excluding hydrogens is 372 g/mol. The van der Waals surface area contributed by atoms with Gasteiger partial charge < -0.3 is 20.1 Å². The highest BCUT2D eigenvalue weighted by atomic mass is 16.6. The van der Waals surface area contributed by atoms with Crippen molar-refractivity contribution in [2.24, 2.45) is 5.92 Å². The van der Waals surface area contributed by atoms with Crippen LogP contribution in [0.2, 0.25) is 0 Å². The zero-order valence-corrected chi connectivity index (χ0v) is 15.9. The first-order valence-corrected chi connectivity index (χ1v) is 9.34. The Bertz CT molecular complexity index is 707. The number of aliphatic hydroxyl groups excluding tert-OH is 2. The number of amides is 1. The molecule has 2 heterocycles. The molecule has 1 aliphatic rings. The van der Waals surface area contributed by atoms with Gasteiger partial charge in [-0.15, -0.1) is 0 Å². The second-order valence-corrected chi connectivity index (χ2v) is 6.89. The number of rotatable bonds is 9. The van der Waals surface area contributed by atoms with Crippen LogP contribution in [-0.2, 0) is 4.74 Å². The number of aromatic nitrogens is 2. The van der Waals surface area contributed by atoms with Gasteiger partial charge in [-0.1, -0.05) is 26.7 Å². The Morgan fingerprint density at radius 2 is 1.96 bits per heavy atom. The Morgan fingerprint density at radius 3 is 2.46 bits per heavy atom. The molecule has 0 aromatic carbocycles. The van der Waals surface area contributed by atoms with Gasteiger partial charge in [0.25, 0.3) is 0 Å². The molecule has 5 N–H and O–H groups in total. The van der Waals surface area contributed by atoms with Gasteiger partial charge in [0.15, 0.2) is 18.3 Å². The summed E-state index contributed by atoms with van der Waals surface area (Å²) in [5, 5.41) is 39.2. The Kier molecular flexibility index (Phi) is 7.75. The maximum absolute atomic E-state index is 12.1. The Balaban J connectivity index is 2.24. The molecule has 0 radical (unpaired) electrons. The van der Waals surface area contributed by atoms with Gasteiger partial charge in [0.05, 0.1) is 0 Å². The zero-order valence-electron chi connectivity index (χ0n) is 15.9. The predicted molar refractivity (Wildman–Crippen MR) is 97.9 cm³/mol. The van der Waals surface area contributed by atoms with E-state index in [1.807, 2.05) is 13.8 Å². The summed E-state index contributed by atoms with van der Waals surface area (Å²) in [4.78, 5) is 28.4. The normalized spacial score (nSPS) is 24.5. The third kappa shape index (κ3) is 4.79. The van der Waals surface area contributed by atoms with Gasteiger partial charge in [-0.3, -0.25) is 20.2 Å². The lowest BCUT2D eigenvalue weighted by atomic mass is 9.97. The first-order valence-electron chi connectivity index (χ1n) is 9.34. The van der Waals surface area contributed by atoms with Crippen LogP contribution in [0, 0.1) is 5.92 Å². The van der Waals surface area contributed by atoms with E-state index in [1.165, 1.54) is 12.3 Å². The van der Waals surface area contributed by atoms with Gasteiger partial charge >= 0.3 is 11.8 Å². The molecule has 1 aromatic heterocycles. The smallest absolute Gasteiger partial charge is 0.409 e. The molecule has 1 saturated heterocycles. The molecule has 2 rings (SSSR count). The lowest BCUT2D eigenvalue weighted by Crippen LogP contribution is -2.48. The first-order chi connectivity index (χ1) is 13.3. The van der Waals surface area contributed by atoms with Gasteiger partial charge in [0.2, 0.25) is 0 Å². The molecule has 158 valence electrons. The van der Waals surface area contributed by atoms with E-state index >= 15 is 0 Å². The van der Waals surface area contributed by atoms with E-state index in [2.05, 4.69) is 4.98 Å². The van der Waals surface area contributed by atoms with Crippen LogP contribution in [0.5, 0.6) is 0 Å². The van der Waals surface area contributed by atoms with Crippen LogP contribution >= 0.6 is 0 Å². The van der Waals surface area contributed by atoms with Crippen molar-refractivity contribution in [3.63, 3.8) is 0 Å². The molecule has 0 bridgehead atoms. The minimum Gasteiger partial charge on any atom is -0.465 e. The summed E-state index contributed by atoms with van der Waals surface area (Å²) in [6.07, 6.45) is -2.33.